The minimum absolute atomic E-state index is 0.0549. The van der Waals surface area contributed by atoms with Gasteiger partial charge in [0.2, 0.25) is 15.9 Å². The number of piperidine rings is 1. The number of nitrogens with one attached hydrogen (secondary N) is 1. The lowest BCUT2D eigenvalue weighted by atomic mass is 9.95. The Morgan fingerprint density at radius 2 is 1.67 bits per heavy atom. The number of nitrogens with zero attached hydrogens (tertiary/aromatic N) is 1. The fraction of sp³-hybridized carbons (Fsp3) is 0.458. The van der Waals surface area contributed by atoms with Crippen LogP contribution in [0.25, 0.3) is 0 Å². The Kier molecular flexibility index (Phi) is 5.98. The summed E-state index contributed by atoms with van der Waals surface area (Å²) in [5.74, 6) is 0.432. The first kappa shape index (κ1) is 21.1. The highest BCUT2D eigenvalue weighted by molar-refractivity contribution is 7.89. The van der Waals surface area contributed by atoms with Crippen LogP contribution in [0.5, 0.6) is 0 Å². The molecule has 1 N–H and O–H groups in total. The lowest BCUT2D eigenvalue weighted by Crippen LogP contribution is -2.44. The van der Waals surface area contributed by atoms with Gasteiger partial charge in [-0.1, -0.05) is 48.0 Å². The van der Waals surface area contributed by atoms with Crippen LogP contribution in [0.15, 0.2) is 53.4 Å². The Balaban J connectivity index is 1.39. The molecule has 5 nitrogen and oxygen atoms in total. The second kappa shape index (κ2) is 8.52. The lowest BCUT2D eigenvalue weighted by Gasteiger charge is -2.32. The van der Waals surface area contributed by atoms with Gasteiger partial charge in [-0.3, -0.25) is 4.79 Å². The van der Waals surface area contributed by atoms with Gasteiger partial charge in [0.1, 0.15) is 0 Å². The molecule has 0 radical (unpaired) electrons. The lowest BCUT2D eigenvalue weighted by molar-refractivity contribution is -0.127. The molecule has 1 aliphatic carbocycles. The van der Waals surface area contributed by atoms with E-state index in [-0.39, 0.29) is 17.9 Å². The first-order chi connectivity index (χ1) is 14.4. The van der Waals surface area contributed by atoms with Gasteiger partial charge in [0.05, 0.1) is 10.9 Å². The number of carbonyl (C=O) groups is 1. The molecule has 0 spiro atoms. The van der Waals surface area contributed by atoms with Gasteiger partial charge in [0.15, 0.2) is 0 Å². The number of hydrogen-bond donors (Lipinski definition) is 1. The van der Waals surface area contributed by atoms with Crippen molar-refractivity contribution in [2.45, 2.75) is 50.5 Å². The van der Waals surface area contributed by atoms with E-state index in [1.807, 2.05) is 44.2 Å². The standard InChI is InChI=1S/C24H30N2O3S/c1-17-8-11-22(18(2)16-17)30(28,29)26-14-12-21(13-15-26)24(27)25-23(20-9-10-20)19-6-4-3-5-7-19/h3-8,11,16,20-21,23H,9-10,12-15H2,1-2H3,(H,25,27). The molecule has 4 rings (SSSR count). The molecule has 30 heavy (non-hydrogen) atoms. The monoisotopic (exact) mass is 426 g/mol. The Hall–Kier alpha value is -2.18. The van der Waals surface area contributed by atoms with E-state index in [0.717, 1.165) is 29.5 Å². The molecule has 1 heterocycles. The molecule has 1 saturated heterocycles. The summed E-state index contributed by atoms with van der Waals surface area (Å²) in [6.45, 7) is 4.56. The van der Waals surface area contributed by atoms with Gasteiger partial charge < -0.3 is 5.32 Å². The summed E-state index contributed by atoms with van der Waals surface area (Å²) in [4.78, 5) is 13.3. The van der Waals surface area contributed by atoms with Crippen LogP contribution in [0, 0.1) is 25.7 Å². The number of sulfonamides is 1. The molecule has 2 aromatic rings. The third kappa shape index (κ3) is 4.44. The summed E-state index contributed by atoms with van der Waals surface area (Å²) < 4.78 is 27.7. The Morgan fingerprint density at radius 3 is 2.27 bits per heavy atom. The van der Waals surface area contributed by atoms with E-state index in [2.05, 4.69) is 17.4 Å². The van der Waals surface area contributed by atoms with E-state index in [9.17, 15) is 13.2 Å². The molecular weight excluding hydrogens is 396 g/mol. The van der Waals surface area contributed by atoms with Crippen molar-refractivity contribution in [2.24, 2.45) is 11.8 Å². The van der Waals surface area contributed by atoms with Crippen LogP contribution in [0.4, 0.5) is 0 Å². The summed E-state index contributed by atoms with van der Waals surface area (Å²) in [5.41, 5.74) is 2.97. The minimum atomic E-state index is -3.53. The van der Waals surface area contributed by atoms with Crippen molar-refractivity contribution in [3.8, 4) is 0 Å². The quantitative estimate of drug-likeness (QED) is 0.760. The zero-order valence-corrected chi connectivity index (χ0v) is 18.5. The molecule has 160 valence electrons. The fourth-order valence-electron chi connectivity index (χ4n) is 4.42. The summed E-state index contributed by atoms with van der Waals surface area (Å²) >= 11 is 0. The molecule has 0 aromatic heterocycles. The Labute approximate surface area is 179 Å². The summed E-state index contributed by atoms with van der Waals surface area (Å²) in [6.07, 6.45) is 3.41. The van der Waals surface area contributed by atoms with Crippen molar-refractivity contribution >= 4 is 15.9 Å². The van der Waals surface area contributed by atoms with Gasteiger partial charge in [0.25, 0.3) is 0 Å². The van der Waals surface area contributed by atoms with E-state index in [1.54, 1.807) is 6.07 Å². The van der Waals surface area contributed by atoms with Crippen LogP contribution in [-0.4, -0.2) is 31.7 Å². The van der Waals surface area contributed by atoms with Crippen LogP contribution < -0.4 is 5.32 Å². The fourth-order valence-corrected chi connectivity index (χ4v) is 6.10. The molecule has 2 aromatic carbocycles. The highest BCUT2D eigenvalue weighted by Crippen LogP contribution is 2.41. The average Bonchev–Trinajstić information content (AvgIpc) is 3.57. The van der Waals surface area contributed by atoms with Crippen molar-refractivity contribution in [1.82, 2.24) is 9.62 Å². The maximum absolute atomic E-state index is 13.1. The van der Waals surface area contributed by atoms with Crippen molar-refractivity contribution in [3.63, 3.8) is 0 Å². The molecule has 1 amide bonds. The van der Waals surface area contributed by atoms with Crippen molar-refractivity contribution in [2.75, 3.05) is 13.1 Å². The minimum Gasteiger partial charge on any atom is -0.349 e. The smallest absolute Gasteiger partial charge is 0.243 e. The molecule has 1 unspecified atom stereocenters. The predicted molar refractivity (Wildman–Crippen MR) is 117 cm³/mol. The van der Waals surface area contributed by atoms with Gasteiger partial charge >= 0.3 is 0 Å². The zero-order valence-electron chi connectivity index (χ0n) is 17.7. The van der Waals surface area contributed by atoms with Crippen LogP contribution in [0.3, 0.4) is 0 Å². The molecule has 2 aliphatic rings. The van der Waals surface area contributed by atoms with Crippen LogP contribution in [0.1, 0.15) is 48.4 Å². The van der Waals surface area contributed by atoms with Gasteiger partial charge in [-0.05, 0) is 62.6 Å². The molecule has 6 heteroatoms. The summed E-state index contributed by atoms with van der Waals surface area (Å²) in [6, 6.07) is 15.6. The number of carbonyl (C=O) groups excluding carboxylic acids is 1. The van der Waals surface area contributed by atoms with Gasteiger partial charge in [-0.15, -0.1) is 0 Å². The summed E-state index contributed by atoms with van der Waals surface area (Å²) in [5, 5.41) is 3.26. The number of benzene rings is 2. The first-order valence-corrected chi connectivity index (χ1v) is 12.2. The molecule has 1 aliphatic heterocycles. The second-order valence-electron chi connectivity index (χ2n) is 8.68. The molecule has 2 fully saturated rings. The molecule has 1 saturated carbocycles. The Bertz CT molecular complexity index is 1010. The SMILES string of the molecule is Cc1ccc(S(=O)(=O)N2CCC(C(=O)NC(c3ccccc3)C3CC3)CC2)c(C)c1. The van der Waals surface area contributed by atoms with Crippen molar-refractivity contribution in [1.29, 1.82) is 0 Å². The van der Waals surface area contributed by atoms with Crippen LogP contribution >= 0.6 is 0 Å². The third-order valence-corrected chi connectivity index (χ3v) is 8.38. The van der Waals surface area contributed by atoms with Gasteiger partial charge in [-0.2, -0.15) is 4.31 Å². The normalized spacial score (nSPS) is 19.4. The van der Waals surface area contributed by atoms with E-state index in [1.165, 1.54) is 4.31 Å². The largest absolute Gasteiger partial charge is 0.349 e. The first-order valence-electron chi connectivity index (χ1n) is 10.8. The number of rotatable bonds is 6. The van der Waals surface area contributed by atoms with E-state index >= 15 is 0 Å². The van der Waals surface area contributed by atoms with E-state index in [4.69, 9.17) is 0 Å². The topological polar surface area (TPSA) is 66.5 Å². The predicted octanol–water partition coefficient (Wildman–Crippen LogP) is 3.97. The molecule has 1 atom stereocenters. The highest BCUT2D eigenvalue weighted by atomic mass is 32.2. The van der Waals surface area contributed by atoms with E-state index in [0.29, 0.717) is 36.7 Å². The Morgan fingerprint density at radius 1 is 1.00 bits per heavy atom. The molecule has 0 bridgehead atoms. The maximum Gasteiger partial charge on any atom is 0.243 e. The number of aryl methyl sites for hydroxylation is 2. The molecular formula is C24H30N2O3S. The number of amides is 1. The van der Waals surface area contributed by atoms with Gasteiger partial charge in [0, 0.05) is 19.0 Å². The average molecular weight is 427 g/mol. The van der Waals surface area contributed by atoms with Crippen LogP contribution in [-0.2, 0) is 14.8 Å². The maximum atomic E-state index is 13.1. The third-order valence-electron chi connectivity index (χ3n) is 6.32. The van der Waals surface area contributed by atoms with Gasteiger partial charge in [-0.25, -0.2) is 8.42 Å². The highest BCUT2D eigenvalue weighted by Gasteiger charge is 2.37. The van der Waals surface area contributed by atoms with Crippen LogP contribution in [0.2, 0.25) is 0 Å². The summed E-state index contributed by atoms with van der Waals surface area (Å²) in [7, 11) is -3.53. The van der Waals surface area contributed by atoms with E-state index < -0.39 is 10.0 Å². The second-order valence-corrected chi connectivity index (χ2v) is 10.6. The zero-order chi connectivity index (χ0) is 21.3. The number of hydrogen-bond acceptors (Lipinski definition) is 3. The van der Waals surface area contributed by atoms with Crippen molar-refractivity contribution in [3.05, 3.63) is 65.2 Å². The van der Waals surface area contributed by atoms with Crippen molar-refractivity contribution < 1.29 is 13.2 Å².